The summed E-state index contributed by atoms with van der Waals surface area (Å²) in [5.41, 5.74) is 5.45. The molecule has 0 bridgehead atoms. The van der Waals surface area contributed by atoms with Gasteiger partial charge in [-0.25, -0.2) is 14.8 Å². The number of fused-ring (bicyclic) bond motifs is 1. The molecule has 0 aliphatic carbocycles. The van der Waals surface area contributed by atoms with Gasteiger partial charge in [0.25, 0.3) is 5.91 Å². The van der Waals surface area contributed by atoms with Crippen LogP contribution in [0.5, 0.6) is 17.2 Å². The summed E-state index contributed by atoms with van der Waals surface area (Å²) in [4.78, 5) is 17.8. The Morgan fingerprint density at radius 1 is 0.941 bits per heavy atom. The van der Waals surface area contributed by atoms with Crippen LogP contribution in [0.25, 0.3) is 22.2 Å². The van der Waals surface area contributed by atoms with Gasteiger partial charge in [0.2, 0.25) is 5.75 Å². The quantitative estimate of drug-likeness (QED) is 0.316. The molecule has 0 spiro atoms. The molecule has 0 aliphatic rings. The molecule has 4 rings (SSSR count). The van der Waals surface area contributed by atoms with E-state index in [2.05, 4.69) is 10.5 Å². The lowest BCUT2D eigenvalue weighted by atomic mass is 10.0. The molecule has 4 aromatic rings. The summed E-state index contributed by atoms with van der Waals surface area (Å²) >= 11 is 0. The molecule has 1 aromatic heterocycles. The molecule has 34 heavy (non-hydrogen) atoms. The van der Waals surface area contributed by atoms with Crippen LogP contribution in [0.4, 0.5) is 4.39 Å². The van der Waals surface area contributed by atoms with Gasteiger partial charge in [0.1, 0.15) is 5.82 Å². The van der Waals surface area contributed by atoms with Crippen LogP contribution in [-0.4, -0.2) is 38.4 Å². The number of carbonyl (C=O) groups is 1. The Balaban J connectivity index is 1.74. The first-order valence-corrected chi connectivity index (χ1v) is 10.3. The Kier molecular flexibility index (Phi) is 6.68. The summed E-state index contributed by atoms with van der Waals surface area (Å²) in [6.45, 7) is 0. The highest BCUT2D eigenvalue weighted by molar-refractivity contribution is 6.07. The van der Waals surface area contributed by atoms with Gasteiger partial charge >= 0.3 is 0 Å². The molecular weight excluding hydrogens is 437 g/mol. The van der Waals surface area contributed by atoms with E-state index in [-0.39, 0.29) is 5.82 Å². The summed E-state index contributed by atoms with van der Waals surface area (Å²) in [7, 11) is 4.60. The molecule has 7 nitrogen and oxygen atoms in total. The van der Waals surface area contributed by atoms with Crippen molar-refractivity contribution in [2.24, 2.45) is 5.10 Å². The molecule has 0 aliphatic heterocycles. The van der Waals surface area contributed by atoms with Crippen LogP contribution >= 0.6 is 0 Å². The van der Waals surface area contributed by atoms with E-state index in [1.165, 1.54) is 39.7 Å². The van der Waals surface area contributed by atoms with Crippen LogP contribution in [0, 0.1) is 5.82 Å². The van der Waals surface area contributed by atoms with Crippen molar-refractivity contribution in [3.63, 3.8) is 0 Å². The maximum atomic E-state index is 13.1. The number of rotatable bonds is 7. The summed E-state index contributed by atoms with van der Waals surface area (Å²) in [5, 5.41) is 4.68. The first-order chi connectivity index (χ1) is 16.5. The molecule has 8 heteroatoms. The third-order valence-electron chi connectivity index (χ3n) is 5.17. The van der Waals surface area contributed by atoms with Crippen molar-refractivity contribution in [3.05, 3.63) is 83.7 Å². The predicted molar refractivity (Wildman–Crippen MR) is 128 cm³/mol. The van der Waals surface area contributed by atoms with Crippen molar-refractivity contribution in [1.29, 1.82) is 0 Å². The molecule has 0 saturated heterocycles. The monoisotopic (exact) mass is 459 g/mol. The van der Waals surface area contributed by atoms with Crippen molar-refractivity contribution in [2.45, 2.75) is 0 Å². The second-order valence-electron chi connectivity index (χ2n) is 7.24. The summed E-state index contributed by atoms with van der Waals surface area (Å²) < 4.78 is 29.4. The Morgan fingerprint density at radius 2 is 1.62 bits per heavy atom. The van der Waals surface area contributed by atoms with Gasteiger partial charge in [-0.05, 0) is 42.0 Å². The fourth-order valence-corrected chi connectivity index (χ4v) is 3.51. The van der Waals surface area contributed by atoms with E-state index in [4.69, 9.17) is 19.2 Å². The van der Waals surface area contributed by atoms with Crippen LogP contribution in [0.1, 0.15) is 15.9 Å². The van der Waals surface area contributed by atoms with E-state index in [9.17, 15) is 9.18 Å². The summed E-state index contributed by atoms with van der Waals surface area (Å²) in [5.74, 6) is 0.653. The normalized spacial score (nSPS) is 10.9. The minimum Gasteiger partial charge on any atom is -0.493 e. The second-order valence-corrected chi connectivity index (χ2v) is 7.24. The van der Waals surface area contributed by atoms with Gasteiger partial charge in [0, 0.05) is 10.9 Å². The van der Waals surface area contributed by atoms with Crippen LogP contribution in [0.3, 0.4) is 0 Å². The van der Waals surface area contributed by atoms with E-state index >= 15 is 0 Å². The van der Waals surface area contributed by atoms with E-state index in [0.717, 1.165) is 0 Å². The van der Waals surface area contributed by atoms with Crippen molar-refractivity contribution in [1.82, 2.24) is 10.4 Å². The van der Waals surface area contributed by atoms with Crippen molar-refractivity contribution in [2.75, 3.05) is 21.3 Å². The molecule has 1 heterocycles. The molecule has 0 saturated carbocycles. The van der Waals surface area contributed by atoms with Gasteiger partial charge in [-0.15, -0.1) is 0 Å². The number of methoxy groups -OCH3 is 3. The van der Waals surface area contributed by atoms with Gasteiger partial charge in [0.15, 0.2) is 11.5 Å². The molecular formula is C26H22FN3O4. The van der Waals surface area contributed by atoms with Crippen molar-refractivity contribution < 1.29 is 23.4 Å². The Morgan fingerprint density at radius 3 is 2.26 bits per heavy atom. The summed E-state index contributed by atoms with van der Waals surface area (Å²) in [6, 6.07) is 18.3. The molecule has 0 radical (unpaired) electrons. The van der Waals surface area contributed by atoms with E-state index in [1.807, 2.05) is 24.3 Å². The van der Waals surface area contributed by atoms with Gasteiger partial charge in [-0.2, -0.15) is 5.10 Å². The lowest BCUT2D eigenvalue weighted by molar-refractivity contribution is 0.0956. The standard InChI is InChI=1S/C26H22FN3O4/c1-32-23-12-17(13-24(33-2)25(23)34-3)22-14-20(19-6-4-5-7-21(19)29-22)26(31)30-28-15-16-8-10-18(27)11-9-16/h4-15H,1-3H3,(H,30,31)/b28-15+. The lowest BCUT2D eigenvalue weighted by Crippen LogP contribution is -2.18. The molecule has 1 amide bonds. The molecule has 0 fully saturated rings. The third-order valence-corrected chi connectivity index (χ3v) is 5.17. The zero-order chi connectivity index (χ0) is 24.1. The average molecular weight is 459 g/mol. The zero-order valence-corrected chi connectivity index (χ0v) is 18.8. The number of nitrogens with zero attached hydrogens (tertiary/aromatic N) is 2. The molecule has 0 unspecified atom stereocenters. The van der Waals surface area contributed by atoms with E-state index in [1.54, 1.807) is 30.3 Å². The van der Waals surface area contributed by atoms with Crippen LogP contribution < -0.4 is 19.6 Å². The zero-order valence-electron chi connectivity index (χ0n) is 18.8. The number of amides is 1. The summed E-state index contributed by atoms with van der Waals surface area (Å²) in [6.07, 6.45) is 1.45. The topological polar surface area (TPSA) is 82.0 Å². The fraction of sp³-hybridized carbons (Fsp3) is 0.115. The Bertz CT molecular complexity index is 1350. The Hall–Kier alpha value is -4.46. The highest BCUT2D eigenvalue weighted by Gasteiger charge is 2.18. The third kappa shape index (κ3) is 4.66. The maximum Gasteiger partial charge on any atom is 0.272 e. The average Bonchev–Trinajstić information content (AvgIpc) is 2.88. The number of halogens is 1. The molecule has 172 valence electrons. The Labute approximate surface area is 195 Å². The van der Waals surface area contributed by atoms with Crippen LogP contribution in [0.15, 0.2) is 71.8 Å². The minimum atomic E-state index is -0.411. The number of ether oxygens (including phenoxy) is 3. The van der Waals surface area contributed by atoms with E-state index in [0.29, 0.717) is 50.5 Å². The predicted octanol–water partition coefficient (Wildman–Crippen LogP) is 4.83. The van der Waals surface area contributed by atoms with Crippen molar-refractivity contribution in [3.8, 4) is 28.5 Å². The lowest BCUT2D eigenvalue weighted by Gasteiger charge is -2.15. The molecule has 0 atom stereocenters. The highest BCUT2D eigenvalue weighted by Crippen LogP contribution is 2.41. The number of aromatic nitrogens is 1. The number of hydrazone groups is 1. The largest absolute Gasteiger partial charge is 0.493 e. The number of benzene rings is 3. The number of hydrogen-bond acceptors (Lipinski definition) is 6. The van der Waals surface area contributed by atoms with Gasteiger partial charge < -0.3 is 14.2 Å². The van der Waals surface area contributed by atoms with Gasteiger partial charge in [0.05, 0.1) is 44.3 Å². The first-order valence-electron chi connectivity index (χ1n) is 10.3. The molecule has 1 N–H and O–H groups in total. The van der Waals surface area contributed by atoms with Crippen molar-refractivity contribution >= 4 is 23.0 Å². The minimum absolute atomic E-state index is 0.344. The number of hydrogen-bond donors (Lipinski definition) is 1. The molecule has 3 aromatic carbocycles. The SMILES string of the molecule is COc1cc(-c2cc(C(=O)N/N=C/c3ccc(F)cc3)c3ccccc3n2)cc(OC)c1OC. The fourth-order valence-electron chi connectivity index (χ4n) is 3.51. The van der Waals surface area contributed by atoms with Gasteiger partial charge in [-0.1, -0.05) is 30.3 Å². The number of nitrogens with one attached hydrogen (secondary N) is 1. The highest BCUT2D eigenvalue weighted by atomic mass is 19.1. The first kappa shape index (κ1) is 22.7. The van der Waals surface area contributed by atoms with Crippen LogP contribution in [-0.2, 0) is 0 Å². The van der Waals surface area contributed by atoms with Crippen LogP contribution in [0.2, 0.25) is 0 Å². The number of para-hydroxylation sites is 1. The number of pyridine rings is 1. The second kappa shape index (κ2) is 9.99. The number of carbonyl (C=O) groups excluding carboxylic acids is 1. The maximum absolute atomic E-state index is 13.1. The van der Waals surface area contributed by atoms with Gasteiger partial charge in [-0.3, -0.25) is 4.79 Å². The van der Waals surface area contributed by atoms with E-state index < -0.39 is 5.91 Å². The smallest absolute Gasteiger partial charge is 0.272 e.